The van der Waals surface area contributed by atoms with E-state index in [4.69, 9.17) is 27.9 Å². The van der Waals surface area contributed by atoms with Gasteiger partial charge in [0.05, 0.1) is 37.1 Å². The normalized spacial score (nSPS) is 13.3. The van der Waals surface area contributed by atoms with Crippen molar-refractivity contribution in [1.29, 1.82) is 0 Å². The van der Waals surface area contributed by atoms with Crippen LogP contribution < -0.4 is 26.0 Å². The summed E-state index contributed by atoms with van der Waals surface area (Å²) in [5.74, 6) is -3.80. The molecule has 3 rings (SSSR count). The molecule has 1 atom stereocenters. The summed E-state index contributed by atoms with van der Waals surface area (Å²) >= 11 is 11.8. The van der Waals surface area contributed by atoms with E-state index in [1.807, 2.05) is 0 Å². The second-order valence-corrected chi connectivity index (χ2v) is 8.11. The van der Waals surface area contributed by atoms with Crippen molar-refractivity contribution < 1.29 is 29.3 Å². The number of pyridine rings is 1. The summed E-state index contributed by atoms with van der Waals surface area (Å²) in [5.41, 5.74) is 0.504. The van der Waals surface area contributed by atoms with Crippen molar-refractivity contribution in [2.24, 2.45) is 4.99 Å². The average molecular weight is 525 g/mol. The van der Waals surface area contributed by atoms with Crippen LogP contribution in [0, 0.1) is 0 Å². The van der Waals surface area contributed by atoms with Gasteiger partial charge in [-0.2, -0.15) is 0 Å². The van der Waals surface area contributed by atoms with Gasteiger partial charge < -0.3 is 36.2 Å². The molecule has 1 aliphatic heterocycles. The molecule has 186 valence electrons. The van der Waals surface area contributed by atoms with Gasteiger partial charge in [0.2, 0.25) is 11.8 Å². The predicted octanol–water partition coefficient (Wildman–Crippen LogP) is 1.19. The predicted molar refractivity (Wildman–Crippen MR) is 129 cm³/mol. The number of aliphatic carboxylic acids is 1. The van der Waals surface area contributed by atoms with E-state index in [0.717, 1.165) is 0 Å². The number of methoxy groups -OCH3 is 1. The van der Waals surface area contributed by atoms with Gasteiger partial charge in [-0.25, -0.2) is 4.98 Å². The monoisotopic (exact) mass is 524 g/mol. The highest BCUT2D eigenvalue weighted by atomic mass is 35.5. The van der Waals surface area contributed by atoms with Gasteiger partial charge in [0, 0.05) is 23.7 Å². The lowest BCUT2D eigenvalue weighted by atomic mass is 9.98. The number of aliphatic imine (C=N–C) groups is 1. The largest absolute Gasteiger partial charge is 0.506 e. The van der Waals surface area contributed by atoms with Crippen LogP contribution in [0.15, 0.2) is 29.4 Å². The maximum atomic E-state index is 12.7. The summed E-state index contributed by atoms with van der Waals surface area (Å²) in [7, 11) is 1.35. The number of guanidine groups is 1. The number of carboxylic acids is 1. The molecule has 0 saturated carbocycles. The van der Waals surface area contributed by atoms with Crippen LogP contribution in [0.2, 0.25) is 10.0 Å². The Morgan fingerprint density at radius 3 is 2.66 bits per heavy atom. The SMILES string of the molecule is COc1ncc(NC2=NCCN2)cc1C(=O)NCC(=O)NCC(C(=O)O)c1cc(Cl)cc(Cl)c1O. The van der Waals surface area contributed by atoms with Gasteiger partial charge in [0.15, 0.2) is 5.96 Å². The van der Waals surface area contributed by atoms with Crippen molar-refractivity contribution >= 4 is 52.6 Å². The molecule has 35 heavy (non-hydrogen) atoms. The number of nitrogens with one attached hydrogen (secondary N) is 4. The van der Waals surface area contributed by atoms with E-state index >= 15 is 0 Å². The molecule has 0 aliphatic carbocycles. The van der Waals surface area contributed by atoms with Crippen molar-refractivity contribution in [2.45, 2.75) is 5.92 Å². The molecule has 2 aromatic rings. The molecule has 0 radical (unpaired) electrons. The van der Waals surface area contributed by atoms with Crippen molar-refractivity contribution in [2.75, 3.05) is 38.6 Å². The number of halogens is 2. The van der Waals surface area contributed by atoms with E-state index in [2.05, 4.69) is 31.2 Å². The average Bonchev–Trinajstić information content (AvgIpc) is 3.33. The molecular weight excluding hydrogens is 503 g/mol. The molecule has 2 heterocycles. The first kappa shape index (κ1) is 25.8. The van der Waals surface area contributed by atoms with Crippen LogP contribution in [0.25, 0.3) is 0 Å². The molecule has 0 spiro atoms. The quantitative estimate of drug-likeness (QED) is 0.281. The highest BCUT2D eigenvalue weighted by molar-refractivity contribution is 6.35. The third-order valence-corrected chi connectivity index (χ3v) is 5.38. The van der Waals surface area contributed by atoms with Gasteiger partial charge in [0.25, 0.3) is 5.91 Å². The Bertz CT molecular complexity index is 1180. The smallest absolute Gasteiger partial charge is 0.312 e. The number of phenolic OH excluding ortho intramolecular Hbond substituents is 1. The fourth-order valence-electron chi connectivity index (χ4n) is 3.18. The summed E-state index contributed by atoms with van der Waals surface area (Å²) in [6.07, 6.45) is 1.47. The van der Waals surface area contributed by atoms with E-state index in [0.29, 0.717) is 24.7 Å². The zero-order valence-corrected chi connectivity index (χ0v) is 19.9. The zero-order chi connectivity index (χ0) is 25.5. The topological polar surface area (TPSA) is 174 Å². The maximum Gasteiger partial charge on any atom is 0.312 e. The second-order valence-electron chi connectivity index (χ2n) is 7.27. The number of rotatable bonds is 9. The highest BCUT2D eigenvalue weighted by Crippen LogP contribution is 2.35. The Morgan fingerprint density at radius 2 is 2.00 bits per heavy atom. The number of aromatic nitrogens is 1. The molecule has 0 saturated heterocycles. The Labute approximate surface area is 209 Å². The summed E-state index contributed by atoms with van der Waals surface area (Å²) in [4.78, 5) is 44.9. The number of carbonyl (C=O) groups excluding carboxylic acids is 2. The minimum absolute atomic E-state index is 0.0500. The van der Waals surface area contributed by atoms with Gasteiger partial charge >= 0.3 is 5.97 Å². The number of nitrogens with zero attached hydrogens (tertiary/aromatic N) is 2. The number of amides is 2. The number of anilines is 1. The Balaban J connectivity index is 1.62. The fourth-order valence-corrected chi connectivity index (χ4v) is 3.69. The third kappa shape index (κ3) is 6.64. The number of ether oxygens (including phenoxy) is 1. The lowest BCUT2D eigenvalue weighted by Crippen LogP contribution is -2.39. The van der Waals surface area contributed by atoms with Crippen molar-refractivity contribution in [1.82, 2.24) is 20.9 Å². The van der Waals surface area contributed by atoms with E-state index in [1.165, 1.54) is 31.5 Å². The van der Waals surface area contributed by atoms with E-state index in [9.17, 15) is 24.6 Å². The number of hydrogen-bond donors (Lipinski definition) is 6. The van der Waals surface area contributed by atoms with E-state index < -0.39 is 36.0 Å². The molecule has 6 N–H and O–H groups in total. The number of hydrogen-bond acceptors (Lipinski definition) is 9. The van der Waals surface area contributed by atoms with Crippen LogP contribution in [0.4, 0.5) is 5.69 Å². The molecule has 12 nitrogen and oxygen atoms in total. The van der Waals surface area contributed by atoms with Crippen LogP contribution in [0.1, 0.15) is 21.8 Å². The van der Waals surface area contributed by atoms with Crippen molar-refractivity contribution in [3.63, 3.8) is 0 Å². The number of phenols is 1. The summed E-state index contributed by atoms with van der Waals surface area (Å²) in [5, 5.41) is 30.5. The Kier molecular flexibility index (Phi) is 8.55. The summed E-state index contributed by atoms with van der Waals surface area (Å²) in [6, 6.07) is 4.01. The lowest BCUT2D eigenvalue weighted by Gasteiger charge is -2.16. The first-order valence-electron chi connectivity index (χ1n) is 10.2. The standard InChI is InChI=1S/C21H22Cl2N6O6/c1-35-19-13(6-11(7-28-19)29-21-24-2-3-25-21)18(32)27-9-16(30)26-8-14(20(33)34)12-4-10(22)5-15(23)17(12)31/h4-7,14,31H,2-3,8-9H2,1H3,(H,26,30)(H,27,32)(H,33,34)(H2,24,25,29). The molecular formula is C21H22Cl2N6O6. The van der Waals surface area contributed by atoms with Gasteiger partial charge in [-0.3, -0.25) is 19.4 Å². The third-order valence-electron chi connectivity index (χ3n) is 4.87. The van der Waals surface area contributed by atoms with E-state index in [1.54, 1.807) is 0 Å². The van der Waals surface area contributed by atoms with Gasteiger partial charge in [-0.1, -0.05) is 23.2 Å². The lowest BCUT2D eigenvalue weighted by molar-refractivity contribution is -0.138. The first-order valence-corrected chi connectivity index (χ1v) is 11.0. The van der Waals surface area contributed by atoms with Crippen LogP contribution in [0.3, 0.4) is 0 Å². The number of carbonyl (C=O) groups is 3. The minimum atomic E-state index is -1.33. The summed E-state index contributed by atoms with van der Waals surface area (Å²) in [6.45, 7) is 0.484. The highest BCUT2D eigenvalue weighted by Gasteiger charge is 2.26. The molecule has 2 amide bonds. The number of carboxylic acid groups (broad SMARTS) is 1. The van der Waals surface area contributed by atoms with Gasteiger partial charge in [0.1, 0.15) is 17.2 Å². The molecule has 1 aromatic carbocycles. The molecule has 0 fully saturated rings. The van der Waals surface area contributed by atoms with Crippen LogP contribution in [-0.2, 0) is 9.59 Å². The molecule has 0 bridgehead atoms. The maximum absolute atomic E-state index is 12.7. The molecule has 1 aromatic heterocycles. The van der Waals surface area contributed by atoms with Crippen LogP contribution >= 0.6 is 23.2 Å². The van der Waals surface area contributed by atoms with Crippen molar-refractivity contribution in [3.05, 3.63) is 45.6 Å². The van der Waals surface area contributed by atoms with Gasteiger partial charge in [-0.05, 0) is 18.2 Å². The molecule has 14 heteroatoms. The number of benzene rings is 1. The zero-order valence-electron chi connectivity index (χ0n) is 18.4. The second kappa shape index (κ2) is 11.6. The Hall–Kier alpha value is -3.77. The van der Waals surface area contributed by atoms with Gasteiger partial charge in [-0.15, -0.1) is 0 Å². The number of aromatic hydroxyl groups is 1. The van der Waals surface area contributed by atoms with Crippen LogP contribution in [-0.4, -0.2) is 72.2 Å². The van der Waals surface area contributed by atoms with Crippen molar-refractivity contribution in [3.8, 4) is 11.6 Å². The molecule has 1 aliphatic rings. The summed E-state index contributed by atoms with van der Waals surface area (Å²) < 4.78 is 5.13. The van der Waals surface area contributed by atoms with E-state index in [-0.39, 0.29) is 33.6 Å². The molecule has 1 unspecified atom stereocenters. The fraction of sp³-hybridized carbons (Fsp3) is 0.286. The first-order chi connectivity index (χ1) is 16.7. The minimum Gasteiger partial charge on any atom is -0.506 e. The van der Waals surface area contributed by atoms with Crippen LogP contribution in [0.5, 0.6) is 11.6 Å². The Morgan fingerprint density at radius 1 is 1.23 bits per heavy atom.